The summed E-state index contributed by atoms with van der Waals surface area (Å²) in [6.45, 7) is 4.78. The van der Waals surface area contributed by atoms with Gasteiger partial charge in [-0.3, -0.25) is 9.36 Å². The Balaban J connectivity index is 4.13. The number of phosphoric acid groups is 1. The van der Waals surface area contributed by atoms with Crippen LogP contribution in [0.5, 0.6) is 0 Å². The Morgan fingerprint density at radius 3 is 1.06 bits per heavy atom. The quantitative estimate of drug-likeness (QED) is 0.0357. The van der Waals surface area contributed by atoms with E-state index in [9.17, 15) is 19.4 Å². The van der Waals surface area contributed by atoms with Gasteiger partial charge in [-0.1, -0.05) is 277 Å². The molecule has 0 saturated carbocycles. The lowest BCUT2D eigenvalue weighted by atomic mass is 10.0. The van der Waals surface area contributed by atoms with Crippen LogP contribution in [-0.2, 0) is 18.4 Å². The topological polar surface area (TPSA) is 108 Å². The van der Waals surface area contributed by atoms with Crippen LogP contribution in [0.15, 0.2) is 0 Å². The molecular formula is C55H113N2O6P. The van der Waals surface area contributed by atoms with Crippen LogP contribution in [0.2, 0.25) is 0 Å². The summed E-state index contributed by atoms with van der Waals surface area (Å²) in [5.41, 5.74) is 0. The van der Waals surface area contributed by atoms with Gasteiger partial charge in [0.2, 0.25) is 5.91 Å². The summed E-state index contributed by atoms with van der Waals surface area (Å²) in [6.07, 6.45) is 55.5. The zero-order chi connectivity index (χ0) is 47.1. The highest BCUT2D eigenvalue weighted by atomic mass is 31.2. The molecule has 64 heavy (non-hydrogen) atoms. The van der Waals surface area contributed by atoms with Crippen molar-refractivity contribution >= 4 is 13.7 Å². The molecule has 0 fully saturated rings. The molecule has 0 aliphatic carbocycles. The minimum absolute atomic E-state index is 0.0166. The number of phosphoric ester groups is 1. The van der Waals surface area contributed by atoms with Crippen molar-refractivity contribution < 1.29 is 32.9 Å². The number of aliphatic hydroxyl groups is 1. The third-order valence-electron chi connectivity index (χ3n) is 13.3. The second-order valence-corrected chi connectivity index (χ2v) is 22.4. The molecule has 0 saturated heterocycles. The van der Waals surface area contributed by atoms with E-state index in [1.54, 1.807) is 0 Å². The van der Waals surface area contributed by atoms with Gasteiger partial charge in [-0.2, -0.15) is 0 Å². The smallest absolute Gasteiger partial charge is 0.268 e. The van der Waals surface area contributed by atoms with Gasteiger partial charge in [0.25, 0.3) is 7.82 Å². The number of aliphatic hydroxyl groups excluding tert-OH is 1. The standard InChI is InChI=1S/C55H113N2O6P/c1-6-8-10-12-14-16-18-20-22-24-26-27-28-29-31-33-35-37-39-41-43-45-47-49-55(59)56-53(52-63-64(60,61)62-51-50-57(3,4)5)54(58)48-46-44-42-40-38-36-34-32-30-25-23-21-19-17-15-13-11-9-7-2/h53-54,58H,6-52H2,1-5H3,(H-,56,59,60,61). The van der Waals surface area contributed by atoms with Gasteiger partial charge in [0.1, 0.15) is 13.2 Å². The van der Waals surface area contributed by atoms with E-state index in [-0.39, 0.29) is 19.1 Å². The largest absolute Gasteiger partial charge is 0.756 e. The number of hydrogen-bond acceptors (Lipinski definition) is 6. The maximum absolute atomic E-state index is 13.0. The van der Waals surface area contributed by atoms with Gasteiger partial charge in [-0.15, -0.1) is 0 Å². The second-order valence-electron chi connectivity index (χ2n) is 21.0. The monoisotopic (exact) mass is 929 g/mol. The lowest BCUT2D eigenvalue weighted by Gasteiger charge is -2.30. The molecule has 2 N–H and O–H groups in total. The highest BCUT2D eigenvalue weighted by molar-refractivity contribution is 7.45. The van der Waals surface area contributed by atoms with Gasteiger partial charge in [-0.25, -0.2) is 0 Å². The van der Waals surface area contributed by atoms with Crippen LogP contribution < -0.4 is 10.2 Å². The molecule has 384 valence electrons. The number of nitrogens with one attached hydrogen (secondary N) is 1. The third kappa shape index (κ3) is 49.4. The maximum atomic E-state index is 13.0. The van der Waals surface area contributed by atoms with Crippen molar-refractivity contribution in [3.8, 4) is 0 Å². The number of unbranched alkanes of at least 4 members (excludes halogenated alkanes) is 40. The fraction of sp³-hybridized carbons (Fsp3) is 0.982. The van der Waals surface area contributed by atoms with Gasteiger partial charge in [-0.05, 0) is 12.8 Å². The highest BCUT2D eigenvalue weighted by Crippen LogP contribution is 2.38. The van der Waals surface area contributed by atoms with Crippen molar-refractivity contribution in [3.05, 3.63) is 0 Å². The number of likely N-dealkylation sites (N-methyl/N-ethyl adjacent to an activating group) is 1. The molecule has 0 heterocycles. The number of rotatable bonds is 53. The third-order valence-corrected chi connectivity index (χ3v) is 14.3. The fourth-order valence-electron chi connectivity index (χ4n) is 8.87. The molecule has 0 aliphatic heterocycles. The molecule has 0 spiro atoms. The van der Waals surface area contributed by atoms with Crippen molar-refractivity contribution in [3.63, 3.8) is 0 Å². The average Bonchev–Trinajstić information content (AvgIpc) is 3.25. The molecule has 0 rings (SSSR count). The van der Waals surface area contributed by atoms with E-state index < -0.39 is 20.0 Å². The van der Waals surface area contributed by atoms with E-state index in [2.05, 4.69) is 19.2 Å². The van der Waals surface area contributed by atoms with E-state index >= 15 is 0 Å². The number of carbonyl (C=O) groups excluding carboxylic acids is 1. The van der Waals surface area contributed by atoms with Crippen LogP contribution >= 0.6 is 7.82 Å². The number of quaternary nitrogens is 1. The van der Waals surface area contributed by atoms with Crippen LogP contribution in [-0.4, -0.2) is 68.5 Å². The summed E-state index contributed by atoms with van der Waals surface area (Å²) in [5, 5.41) is 14.0. The Morgan fingerprint density at radius 1 is 0.484 bits per heavy atom. The Morgan fingerprint density at radius 2 is 0.766 bits per heavy atom. The summed E-state index contributed by atoms with van der Waals surface area (Å²) in [7, 11) is 1.32. The van der Waals surface area contributed by atoms with E-state index in [4.69, 9.17) is 9.05 Å². The molecule has 0 radical (unpaired) electrons. The lowest BCUT2D eigenvalue weighted by Crippen LogP contribution is -2.46. The highest BCUT2D eigenvalue weighted by Gasteiger charge is 2.24. The molecule has 3 atom stereocenters. The number of nitrogens with zero attached hydrogens (tertiary/aromatic N) is 1. The average molecular weight is 929 g/mol. The number of carbonyl (C=O) groups is 1. The number of hydrogen-bond donors (Lipinski definition) is 2. The van der Waals surface area contributed by atoms with Crippen molar-refractivity contribution in [2.24, 2.45) is 0 Å². The Kier molecular flexibility index (Phi) is 47.2. The molecule has 0 aromatic heterocycles. The first-order chi connectivity index (χ1) is 31.0. The molecule has 0 aromatic carbocycles. The van der Waals surface area contributed by atoms with Crippen LogP contribution in [0.4, 0.5) is 0 Å². The molecule has 0 aromatic rings. The van der Waals surface area contributed by atoms with E-state index in [1.165, 1.54) is 231 Å². The van der Waals surface area contributed by atoms with E-state index in [1.807, 2.05) is 21.1 Å². The minimum Gasteiger partial charge on any atom is -0.756 e. The molecule has 9 heteroatoms. The van der Waals surface area contributed by atoms with Gasteiger partial charge >= 0.3 is 0 Å². The zero-order valence-corrected chi connectivity index (χ0v) is 44.7. The normalized spacial score (nSPS) is 13.9. The summed E-state index contributed by atoms with van der Waals surface area (Å²) >= 11 is 0. The van der Waals surface area contributed by atoms with Gasteiger partial charge in [0.15, 0.2) is 0 Å². The molecule has 8 nitrogen and oxygen atoms in total. The summed E-state index contributed by atoms with van der Waals surface area (Å²) in [4.78, 5) is 25.5. The molecule has 0 bridgehead atoms. The fourth-order valence-corrected chi connectivity index (χ4v) is 9.59. The predicted molar refractivity (Wildman–Crippen MR) is 275 cm³/mol. The van der Waals surface area contributed by atoms with Crippen LogP contribution in [0, 0.1) is 0 Å². The first kappa shape index (κ1) is 63.5. The molecule has 3 unspecified atom stereocenters. The SMILES string of the molecule is CCCCCCCCCCCCCCCCCCCCCCCCCC(=O)NC(COP(=O)([O-])OCC[N+](C)(C)C)C(O)CCCCCCCCCCCCCCCCCCCCC. The van der Waals surface area contributed by atoms with Crippen LogP contribution in [0.3, 0.4) is 0 Å². The first-order valence-electron chi connectivity index (χ1n) is 28.4. The summed E-state index contributed by atoms with van der Waals surface area (Å²) in [6, 6.07) is -0.795. The molecule has 1 amide bonds. The van der Waals surface area contributed by atoms with Gasteiger partial charge < -0.3 is 28.8 Å². The molecule has 0 aliphatic rings. The summed E-state index contributed by atoms with van der Waals surface area (Å²) in [5.74, 6) is -0.156. The lowest BCUT2D eigenvalue weighted by molar-refractivity contribution is -0.870. The summed E-state index contributed by atoms with van der Waals surface area (Å²) < 4.78 is 23.4. The van der Waals surface area contributed by atoms with Crippen molar-refractivity contribution in [2.45, 2.75) is 309 Å². The minimum atomic E-state index is -4.57. The maximum Gasteiger partial charge on any atom is 0.268 e. The van der Waals surface area contributed by atoms with Crippen molar-refractivity contribution in [1.82, 2.24) is 5.32 Å². The zero-order valence-electron chi connectivity index (χ0n) is 43.8. The van der Waals surface area contributed by atoms with E-state index in [0.29, 0.717) is 23.9 Å². The van der Waals surface area contributed by atoms with Gasteiger partial charge in [0.05, 0.1) is 39.9 Å². The van der Waals surface area contributed by atoms with Crippen LogP contribution in [0.25, 0.3) is 0 Å². The van der Waals surface area contributed by atoms with Crippen LogP contribution in [0.1, 0.15) is 296 Å². The Bertz CT molecular complexity index is 1010. The van der Waals surface area contributed by atoms with Crippen molar-refractivity contribution in [1.29, 1.82) is 0 Å². The second kappa shape index (κ2) is 47.6. The number of amides is 1. The Hall–Kier alpha value is -0.500. The van der Waals surface area contributed by atoms with E-state index in [0.717, 1.165) is 38.5 Å². The van der Waals surface area contributed by atoms with Crippen molar-refractivity contribution in [2.75, 3.05) is 40.9 Å². The molecular weight excluding hydrogens is 816 g/mol. The first-order valence-corrected chi connectivity index (χ1v) is 29.8. The Labute approximate surface area is 399 Å². The van der Waals surface area contributed by atoms with Gasteiger partial charge in [0, 0.05) is 6.42 Å². The predicted octanol–water partition coefficient (Wildman–Crippen LogP) is 16.2.